The van der Waals surface area contributed by atoms with Gasteiger partial charge in [-0.3, -0.25) is 14.4 Å². The van der Waals surface area contributed by atoms with Crippen LogP contribution >= 0.6 is 0 Å². The van der Waals surface area contributed by atoms with E-state index in [1.807, 2.05) is 18.2 Å². The second-order valence-corrected chi connectivity index (χ2v) is 7.33. The number of nitrogens with zero attached hydrogens (tertiary/aromatic N) is 1. The molecule has 0 spiro atoms. The van der Waals surface area contributed by atoms with E-state index >= 15 is 0 Å². The number of methoxy groups -OCH3 is 1. The molecule has 158 valence electrons. The van der Waals surface area contributed by atoms with Crippen molar-refractivity contribution >= 4 is 40.1 Å². The lowest BCUT2D eigenvalue weighted by atomic mass is 10.1. The van der Waals surface area contributed by atoms with Crippen molar-refractivity contribution < 1.29 is 23.5 Å². The van der Waals surface area contributed by atoms with Crippen LogP contribution < -0.4 is 10.2 Å². The fraction of sp³-hybridized carbons (Fsp3) is 0.0800. The fourth-order valence-electron chi connectivity index (χ4n) is 3.90. The summed E-state index contributed by atoms with van der Waals surface area (Å²) >= 11 is 0. The van der Waals surface area contributed by atoms with Crippen LogP contribution in [0.4, 0.5) is 11.4 Å². The number of carbonyl (C=O) groups is 3. The number of hydrogen-bond donors (Lipinski definition) is 1. The zero-order valence-corrected chi connectivity index (χ0v) is 17.1. The molecule has 3 aromatic carbocycles. The van der Waals surface area contributed by atoms with Gasteiger partial charge < -0.3 is 14.5 Å². The van der Waals surface area contributed by atoms with Crippen LogP contribution in [0.2, 0.25) is 0 Å². The molecule has 0 unspecified atom stereocenters. The zero-order valence-electron chi connectivity index (χ0n) is 17.1. The molecule has 7 heteroatoms. The second-order valence-electron chi connectivity index (χ2n) is 7.33. The molecule has 1 N–H and O–H groups in total. The number of imide groups is 1. The SMILES string of the molecule is COCc1c(C(=O)Nc2cccc(N3C(=O)c4ccccc4C3=O)c2)oc2ccccc12. The van der Waals surface area contributed by atoms with Gasteiger partial charge >= 0.3 is 0 Å². The average Bonchev–Trinajstić information content (AvgIpc) is 3.30. The molecule has 0 saturated heterocycles. The van der Waals surface area contributed by atoms with E-state index in [-0.39, 0.29) is 12.4 Å². The highest BCUT2D eigenvalue weighted by Gasteiger charge is 2.36. The van der Waals surface area contributed by atoms with Gasteiger partial charge in [-0.05, 0) is 36.4 Å². The van der Waals surface area contributed by atoms with Gasteiger partial charge in [-0.2, -0.15) is 0 Å². The Morgan fingerprint density at radius 2 is 1.62 bits per heavy atom. The van der Waals surface area contributed by atoms with Crippen molar-refractivity contribution in [2.45, 2.75) is 6.61 Å². The van der Waals surface area contributed by atoms with Crippen LogP contribution in [0.15, 0.2) is 77.2 Å². The van der Waals surface area contributed by atoms with Crippen molar-refractivity contribution in [1.82, 2.24) is 0 Å². The number of carbonyl (C=O) groups excluding carboxylic acids is 3. The summed E-state index contributed by atoms with van der Waals surface area (Å²) in [7, 11) is 1.55. The Morgan fingerprint density at radius 1 is 0.938 bits per heavy atom. The maximum absolute atomic E-state index is 13.0. The van der Waals surface area contributed by atoms with Gasteiger partial charge in [0.2, 0.25) is 0 Å². The summed E-state index contributed by atoms with van der Waals surface area (Å²) in [5.74, 6) is -1.09. The Morgan fingerprint density at radius 3 is 2.34 bits per heavy atom. The highest BCUT2D eigenvalue weighted by molar-refractivity contribution is 6.34. The van der Waals surface area contributed by atoms with E-state index in [0.29, 0.717) is 33.6 Å². The highest BCUT2D eigenvalue weighted by Crippen LogP contribution is 2.31. The minimum atomic E-state index is -0.451. The lowest BCUT2D eigenvalue weighted by Crippen LogP contribution is -2.29. The number of furan rings is 1. The minimum Gasteiger partial charge on any atom is -0.451 e. The molecule has 5 rings (SSSR count). The second kappa shape index (κ2) is 7.79. The molecule has 0 bridgehead atoms. The first-order chi connectivity index (χ1) is 15.6. The van der Waals surface area contributed by atoms with E-state index in [2.05, 4.69) is 5.32 Å². The summed E-state index contributed by atoms with van der Waals surface area (Å²) in [6.45, 7) is 0.217. The molecule has 0 saturated carbocycles. The number of para-hydroxylation sites is 1. The lowest BCUT2D eigenvalue weighted by molar-refractivity contribution is 0.0925. The Kier molecular flexibility index (Phi) is 4.80. The van der Waals surface area contributed by atoms with Crippen molar-refractivity contribution in [1.29, 1.82) is 0 Å². The van der Waals surface area contributed by atoms with Crippen molar-refractivity contribution in [3.8, 4) is 0 Å². The average molecular weight is 426 g/mol. The maximum atomic E-state index is 13.0. The molecule has 0 atom stereocenters. The zero-order chi connectivity index (χ0) is 22.2. The minimum absolute atomic E-state index is 0.152. The molecule has 2 heterocycles. The molecule has 3 amide bonds. The van der Waals surface area contributed by atoms with E-state index < -0.39 is 17.7 Å². The number of benzene rings is 3. The van der Waals surface area contributed by atoms with Gasteiger partial charge in [-0.15, -0.1) is 0 Å². The molecule has 32 heavy (non-hydrogen) atoms. The van der Waals surface area contributed by atoms with Crippen LogP contribution in [0.5, 0.6) is 0 Å². The molecule has 0 radical (unpaired) electrons. The van der Waals surface area contributed by atoms with Crippen LogP contribution in [0.25, 0.3) is 11.0 Å². The predicted molar refractivity (Wildman–Crippen MR) is 119 cm³/mol. The predicted octanol–water partition coefficient (Wildman–Crippen LogP) is 4.63. The Hall–Kier alpha value is -4.23. The van der Waals surface area contributed by atoms with Gasteiger partial charge in [0.25, 0.3) is 17.7 Å². The number of amides is 3. The summed E-state index contributed by atoms with van der Waals surface area (Å²) in [4.78, 5) is 39.7. The van der Waals surface area contributed by atoms with Gasteiger partial charge in [0.05, 0.1) is 23.4 Å². The molecule has 7 nitrogen and oxygen atoms in total. The van der Waals surface area contributed by atoms with Gasteiger partial charge in [-0.1, -0.05) is 36.4 Å². The lowest BCUT2D eigenvalue weighted by Gasteiger charge is -2.15. The number of ether oxygens (including phenoxy) is 1. The van der Waals surface area contributed by atoms with Gasteiger partial charge in [0.15, 0.2) is 5.76 Å². The number of hydrogen-bond acceptors (Lipinski definition) is 5. The Balaban J connectivity index is 1.45. The van der Waals surface area contributed by atoms with Crippen LogP contribution in [-0.2, 0) is 11.3 Å². The molecule has 0 fully saturated rings. The first kappa shape index (κ1) is 19.7. The quantitative estimate of drug-likeness (QED) is 0.470. The fourth-order valence-corrected chi connectivity index (χ4v) is 3.90. The van der Waals surface area contributed by atoms with Crippen LogP contribution in [0, 0.1) is 0 Å². The third kappa shape index (κ3) is 3.16. The number of nitrogens with one attached hydrogen (secondary N) is 1. The molecule has 1 aliphatic heterocycles. The molecule has 1 aromatic heterocycles. The van der Waals surface area contributed by atoms with Crippen molar-refractivity contribution in [3.63, 3.8) is 0 Å². The third-order valence-corrected chi connectivity index (χ3v) is 5.35. The first-order valence-corrected chi connectivity index (χ1v) is 9.97. The summed E-state index contributed by atoms with van der Waals surface area (Å²) in [6, 6.07) is 20.6. The van der Waals surface area contributed by atoms with Crippen LogP contribution in [0.3, 0.4) is 0 Å². The van der Waals surface area contributed by atoms with Crippen LogP contribution in [-0.4, -0.2) is 24.8 Å². The van der Waals surface area contributed by atoms with E-state index in [9.17, 15) is 14.4 Å². The maximum Gasteiger partial charge on any atom is 0.291 e. The Bertz CT molecular complexity index is 1350. The monoisotopic (exact) mass is 426 g/mol. The smallest absolute Gasteiger partial charge is 0.291 e. The number of anilines is 2. The first-order valence-electron chi connectivity index (χ1n) is 9.97. The summed E-state index contributed by atoms with van der Waals surface area (Å²) in [5, 5.41) is 3.60. The molecular weight excluding hydrogens is 408 g/mol. The number of rotatable bonds is 5. The van der Waals surface area contributed by atoms with Gasteiger partial charge in [0.1, 0.15) is 5.58 Å². The van der Waals surface area contributed by atoms with E-state index in [1.165, 1.54) is 0 Å². The van der Waals surface area contributed by atoms with Crippen molar-refractivity contribution in [3.05, 3.63) is 95.2 Å². The largest absolute Gasteiger partial charge is 0.451 e. The van der Waals surface area contributed by atoms with E-state index in [1.54, 1.807) is 61.7 Å². The molecular formula is C25H18N2O5. The van der Waals surface area contributed by atoms with Gasteiger partial charge in [-0.25, -0.2) is 4.90 Å². The molecule has 1 aliphatic rings. The normalized spacial score (nSPS) is 13.0. The van der Waals surface area contributed by atoms with Gasteiger partial charge in [0, 0.05) is 23.7 Å². The molecule has 0 aliphatic carbocycles. The van der Waals surface area contributed by atoms with Crippen molar-refractivity contribution in [2.24, 2.45) is 0 Å². The highest BCUT2D eigenvalue weighted by atomic mass is 16.5. The van der Waals surface area contributed by atoms with E-state index in [0.717, 1.165) is 10.3 Å². The van der Waals surface area contributed by atoms with Crippen LogP contribution in [0.1, 0.15) is 36.8 Å². The van der Waals surface area contributed by atoms with Crippen molar-refractivity contribution in [2.75, 3.05) is 17.3 Å². The number of fused-ring (bicyclic) bond motifs is 2. The summed E-state index contributed by atoms with van der Waals surface area (Å²) < 4.78 is 11.0. The summed E-state index contributed by atoms with van der Waals surface area (Å²) in [5.41, 5.74) is 2.75. The summed E-state index contributed by atoms with van der Waals surface area (Å²) in [6.07, 6.45) is 0. The van der Waals surface area contributed by atoms with E-state index in [4.69, 9.17) is 9.15 Å². The standard InChI is InChI=1S/C25H18N2O5/c1-31-14-20-17-9-4-5-12-21(17)32-22(20)23(28)26-15-7-6-8-16(13-15)27-24(29)18-10-2-3-11-19(18)25(27)30/h2-13H,14H2,1H3,(H,26,28). The molecule has 4 aromatic rings. The topological polar surface area (TPSA) is 88.9 Å². The Labute approximate surface area is 183 Å². The third-order valence-electron chi connectivity index (χ3n) is 5.35.